The van der Waals surface area contributed by atoms with Gasteiger partial charge >= 0.3 is 0 Å². The lowest BCUT2D eigenvalue weighted by atomic mass is 9.96. The van der Waals surface area contributed by atoms with E-state index in [0.717, 1.165) is 31.5 Å². The number of allylic oxidation sites excluding steroid dienone is 1. The molecule has 1 aliphatic heterocycles. The van der Waals surface area contributed by atoms with E-state index in [-0.39, 0.29) is 11.7 Å². The third-order valence-electron chi connectivity index (χ3n) is 4.14. The number of carbonyl (C=O) groups excluding carboxylic acids is 1. The monoisotopic (exact) mass is 268 g/mol. The summed E-state index contributed by atoms with van der Waals surface area (Å²) in [5.41, 5.74) is 2.91. The molecule has 3 nitrogen and oxygen atoms in total. The summed E-state index contributed by atoms with van der Waals surface area (Å²) in [5.74, 6) is 0.768. The average molecular weight is 268 g/mol. The number of benzene rings is 1. The number of rotatable bonds is 4. The van der Waals surface area contributed by atoms with Gasteiger partial charge in [0, 0.05) is 24.1 Å². The van der Waals surface area contributed by atoms with Gasteiger partial charge in [-0.3, -0.25) is 9.80 Å². The molecular weight excluding hydrogens is 248 g/mol. The first-order valence-corrected chi connectivity index (χ1v) is 7.27. The van der Waals surface area contributed by atoms with Crippen molar-refractivity contribution in [2.45, 2.75) is 32.1 Å². The van der Waals surface area contributed by atoms with Gasteiger partial charge in [-0.2, -0.15) is 5.10 Å². The quantitative estimate of drug-likeness (QED) is 0.784. The van der Waals surface area contributed by atoms with Crippen LogP contribution in [0, 0.1) is 5.92 Å². The Morgan fingerprint density at radius 1 is 1.25 bits per heavy atom. The molecule has 20 heavy (non-hydrogen) atoms. The maximum atomic E-state index is 12.0. The fourth-order valence-corrected chi connectivity index (χ4v) is 2.77. The molecule has 104 valence electrons. The first-order valence-electron chi connectivity index (χ1n) is 7.27. The molecule has 1 saturated carbocycles. The summed E-state index contributed by atoms with van der Waals surface area (Å²) in [7, 11) is 0. The van der Waals surface area contributed by atoms with Crippen LogP contribution in [0.3, 0.4) is 0 Å². The van der Waals surface area contributed by atoms with Crippen molar-refractivity contribution in [1.82, 2.24) is 5.01 Å². The molecule has 1 aliphatic carbocycles. The fraction of sp³-hybridized carbons (Fsp3) is 0.412. The van der Waals surface area contributed by atoms with E-state index in [2.05, 4.69) is 35.9 Å². The van der Waals surface area contributed by atoms with Gasteiger partial charge in [-0.25, -0.2) is 0 Å². The normalized spacial score (nSPS) is 23.2. The van der Waals surface area contributed by atoms with Crippen LogP contribution in [0.2, 0.25) is 0 Å². The molecule has 0 aromatic heterocycles. The van der Waals surface area contributed by atoms with Crippen LogP contribution in [-0.2, 0) is 4.79 Å². The van der Waals surface area contributed by atoms with Crippen molar-refractivity contribution in [3.63, 3.8) is 0 Å². The van der Waals surface area contributed by atoms with E-state index in [1.165, 1.54) is 5.56 Å². The van der Waals surface area contributed by atoms with Gasteiger partial charge in [-0.05, 0) is 31.7 Å². The first kappa shape index (κ1) is 13.1. The summed E-state index contributed by atoms with van der Waals surface area (Å²) < 4.78 is 0. The highest BCUT2D eigenvalue weighted by Gasteiger charge is 2.32. The second-order valence-corrected chi connectivity index (χ2v) is 5.69. The number of carbonyl (C=O) groups is 1. The van der Waals surface area contributed by atoms with Crippen molar-refractivity contribution in [3.8, 4) is 0 Å². The predicted octanol–water partition coefficient (Wildman–Crippen LogP) is 3.34. The lowest BCUT2D eigenvalue weighted by Crippen LogP contribution is -2.19. The van der Waals surface area contributed by atoms with E-state index in [1.807, 2.05) is 18.0 Å². The maximum absolute atomic E-state index is 12.0. The van der Waals surface area contributed by atoms with Crippen LogP contribution >= 0.6 is 0 Å². The molecule has 2 fully saturated rings. The molecule has 0 N–H and O–H groups in total. The lowest BCUT2D eigenvalue weighted by molar-refractivity contribution is -0.114. The number of hydrogen-bond acceptors (Lipinski definition) is 3. The third kappa shape index (κ3) is 2.53. The van der Waals surface area contributed by atoms with Crippen LogP contribution in [0.5, 0.6) is 0 Å². The Morgan fingerprint density at radius 2 is 1.95 bits per heavy atom. The Bertz CT molecular complexity index is 558. The summed E-state index contributed by atoms with van der Waals surface area (Å²) in [6, 6.07) is 10.4. The second-order valence-electron chi connectivity index (χ2n) is 5.69. The van der Waals surface area contributed by atoms with Gasteiger partial charge in [0.05, 0.1) is 0 Å². The molecule has 1 aromatic carbocycles. The minimum atomic E-state index is 0.209. The highest BCUT2D eigenvalue weighted by molar-refractivity contribution is 6.40. The van der Waals surface area contributed by atoms with E-state index in [0.29, 0.717) is 11.6 Å². The largest absolute Gasteiger partial charge is 0.292 e. The van der Waals surface area contributed by atoms with E-state index in [1.54, 1.807) is 0 Å². The van der Waals surface area contributed by atoms with Crippen molar-refractivity contribution in [2.75, 3.05) is 6.54 Å². The van der Waals surface area contributed by atoms with Gasteiger partial charge in [0.15, 0.2) is 5.78 Å². The van der Waals surface area contributed by atoms with Crippen molar-refractivity contribution in [3.05, 3.63) is 48.2 Å². The van der Waals surface area contributed by atoms with Crippen LogP contribution < -0.4 is 0 Å². The molecule has 1 heterocycles. The van der Waals surface area contributed by atoms with Gasteiger partial charge in [0.1, 0.15) is 5.71 Å². The van der Waals surface area contributed by atoms with E-state index >= 15 is 0 Å². The Morgan fingerprint density at radius 3 is 2.60 bits per heavy atom. The molecule has 0 radical (unpaired) electrons. The molecular formula is C17H20N2O. The standard InChI is InChI=1S/C17H20N2O/c1-12(17(20)15-8-9-15)18-19-11-10-16(13(19)2)14-6-4-3-5-7-14/h3-7,15-16H,2,8-11H2,1H3/b18-12+. The van der Waals surface area contributed by atoms with Gasteiger partial charge < -0.3 is 0 Å². The zero-order valence-electron chi connectivity index (χ0n) is 11.9. The Labute approximate surface area is 120 Å². The molecule has 2 aliphatic rings. The van der Waals surface area contributed by atoms with E-state index < -0.39 is 0 Å². The highest BCUT2D eigenvalue weighted by atomic mass is 16.1. The number of Topliss-reactive ketones (excluding diaryl/α,β-unsaturated/α-hetero) is 1. The van der Waals surface area contributed by atoms with Crippen molar-refractivity contribution in [2.24, 2.45) is 11.0 Å². The second kappa shape index (κ2) is 5.23. The maximum Gasteiger partial charge on any atom is 0.181 e. The van der Waals surface area contributed by atoms with Crippen LogP contribution in [0.1, 0.15) is 37.7 Å². The van der Waals surface area contributed by atoms with Crippen LogP contribution in [0.4, 0.5) is 0 Å². The zero-order chi connectivity index (χ0) is 14.1. The summed E-state index contributed by atoms with van der Waals surface area (Å²) in [6.45, 7) is 6.84. The Balaban J connectivity index is 1.72. The molecule has 0 spiro atoms. The summed E-state index contributed by atoms with van der Waals surface area (Å²) in [6.07, 6.45) is 3.07. The molecule has 1 atom stereocenters. The smallest absolute Gasteiger partial charge is 0.181 e. The SMILES string of the molecule is C=C1C(c2ccccc2)CCN1/N=C(\C)C(=O)C1CC1. The van der Waals surface area contributed by atoms with Gasteiger partial charge in [0.25, 0.3) is 0 Å². The summed E-state index contributed by atoms with van der Waals surface area (Å²) in [5, 5.41) is 6.40. The number of ketones is 1. The van der Waals surface area contributed by atoms with Crippen LogP contribution in [0.25, 0.3) is 0 Å². The number of nitrogens with zero attached hydrogens (tertiary/aromatic N) is 2. The molecule has 1 aromatic rings. The molecule has 1 unspecified atom stereocenters. The van der Waals surface area contributed by atoms with E-state index in [9.17, 15) is 4.79 Å². The third-order valence-corrected chi connectivity index (χ3v) is 4.14. The van der Waals surface area contributed by atoms with Crippen molar-refractivity contribution in [1.29, 1.82) is 0 Å². The van der Waals surface area contributed by atoms with Gasteiger partial charge in [-0.15, -0.1) is 0 Å². The predicted molar refractivity (Wildman–Crippen MR) is 80.5 cm³/mol. The summed E-state index contributed by atoms with van der Waals surface area (Å²) >= 11 is 0. The Kier molecular flexibility index (Phi) is 3.43. The average Bonchev–Trinajstić information content (AvgIpc) is 3.25. The van der Waals surface area contributed by atoms with Gasteiger partial charge in [-0.1, -0.05) is 36.9 Å². The van der Waals surface area contributed by atoms with Crippen molar-refractivity contribution < 1.29 is 4.79 Å². The number of hydrazone groups is 1. The number of hydrogen-bond donors (Lipinski definition) is 0. The molecule has 3 rings (SSSR count). The molecule has 3 heteroatoms. The van der Waals surface area contributed by atoms with Crippen LogP contribution in [0.15, 0.2) is 47.7 Å². The highest BCUT2D eigenvalue weighted by Crippen LogP contribution is 2.36. The van der Waals surface area contributed by atoms with Crippen molar-refractivity contribution >= 4 is 11.5 Å². The molecule has 0 bridgehead atoms. The summed E-state index contributed by atoms with van der Waals surface area (Å²) in [4.78, 5) is 12.0. The van der Waals surface area contributed by atoms with Gasteiger partial charge in [0.2, 0.25) is 0 Å². The molecule has 1 saturated heterocycles. The lowest BCUT2D eigenvalue weighted by Gasteiger charge is -2.17. The Hall–Kier alpha value is -1.90. The van der Waals surface area contributed by atoms with Crippen LogP contribution in [-0.4, -0.2) is 23.0 Å². The van der Waals surface area contributed by atoms with E-state index in [4.69, 9.17) is 0 Å². The minimum Gasteiger partial charge on any atom is -0.292 e. The zero-order valence-corrected chi connectivity index (χ0v) is 11.9. The minimum absolute atomic E-state index is 0.209. The molecule has 0 amide bonds. The fourth-order valence-electron chi connectivity index (χ4n) is 2.77. The topological polar surface area (TPSA) is 32.7 Å². The first-order chi connectivity index (χ1) is 9.66.